The van der Waals surface area contributed by atoms with Crippen LogP contribution in [0.25, 0.3) is 0 Å². The summed E-state index contributed by atoms with van der Waals surface area (Å²) in [5, 5.41) is 11.6. The molecule has 5 nitrogen and oxygen atoms in total. The molecule has 2 aromatic heterocycles. The number of carbonyl (C=O) groups is 1. The Kier molecular flexibility index (Phi) is 3.11. The predicted molar refractivity (Wildman–Crippen MR) is 65.1 cm³/mol. The lowest BCUT2D eigenvalue weighted by atomic mass is 10.2. The Hall–Kier alpha value is -2.61. The number of nitrogens with one attached hydrogen (secondary N) is 1. The van der Waals surface area contributed by atoms with Crippen LogP contribution < -0.4 is 5.32 Å². The summed E-state index contributed by atoms with van der Waals surface area (Å²) in [6.45, 7) is 3.53. The second-order valence-corrected chi connectivity index (χ2v) is 3.79. The smallest absolute Gasteiger partial charge is 0.258 e. The van der Waals surface area contributed by atoms with Gasteiger partial charge in [0.05, 0.1) is 0 Å². The molecule has 0 saturated carbocycles. The van der Waals surface area contributed by atoms with Crippen LogP contribution in [0.3, 0.4) is 0 Å². The Morgan fingerprint density at radius 2 is 2.06 bits per heavy atom. The number of carbonyl (C=O) groups excluding carboxylic acids is 1. The number of hydrogen-bond donors (Lipinski definition) is 1. The average molecular weight is 241 g/mol. The summed E-state index contributed by atoms with van der Waals surface area (Å²) >= 11 is 0. The quantitative estimate of drug-likeness (QED) is 0.875. The van der Waals surface area contributed by atoms with Crippen LogP contribution in [0.4, 0.5) is 5.88 Å². The molecule has 2 aromatic rings. The van der Waals surface area contributed by atoms with Crippen molar-refractivity contribution < 1.29 is 9.21 Å². The van der Waals surface area contributed by atoms with Crippen molar-refractivity contribution in [2.45, 2.75) is 13.8 Å². The largest absolute Gasteiger partial charge is 0.444 e. The summed E-state index contributed by atoms with van der Waals surface area (Å²) in [5.74, 6) is 0.480. The van der Waals surface area contributed by atoms with E-state index in [9.17, 15) is 4.79 Å². The third kappa shape index (κ3) is 2.09. The first-order chi connectivity index (χ1) is 8.63. The zero-order chi connectivity index (χ0) is 13.1. The molecule has 5 heteroatoms. The number of anilines is 1. The van der Waals surface area contributed by atoms with Crippen molar-refractivity contribution in [3.8, 4) is 6.07 Å². The molecule has 0 spiro atoms. The second-order valence-electron chi connectivity index (χ2n) is 3.79. The lowest BCUT2D eigenvalue weighted by Crippen LogP contribution is -2.12. The minimum absolute atomic E-state index is 0.189. The fraction of sp³-hybridized carbons (Fsp3) is 0.154. The molecule has 0 atom stereocenters. The van der Waals surface area contributed by atoms with Crippen LogP contribution in [-0.4, -0.2) is 10.9 Å². The molecule has 0 aliphatic heterocycles. The molecule has 0 aromatic carbocycles. The summed E-state index contributed by atoms with van der Waals surface area (Å²) in [5.41, 5.74) is 1.55. The minimum atomic E-state index is -0.331. The first-order valence-corrected chi connectivity index (χ1v) is 5.35. The summed E-state index contributed by atoms with van der Waals surface area (Å²) in [6, 6.07) is 5.20. The number of amides is 1. The second kappa shape index (κ2) is 4.72. The van der Waals surface area contributed by atoms with Gasteiger partial charge in [-0.15, -0.1) is 0 Å². The van der Waals surface area contributed by atoms with Gasteiger partial charge in [0.15, 0.2) is 0 Å². The molecule has 0 fully saturated rings. The molecule has 2 heterocycles. The molecule has 0 bridgehead atoms. The predicted octanol–water partition coefficient (Wildman–Crippen LogP) is 2.42. The number of rotatable bonds is 2. The van der Waals surface area contributed by atoms with Crippen LogP contribution in [0, 0.1) is 25.2 Å². The van der Waals surface area contributed by atoms with Crippen LogP contribution in [0.15, 0.2) is 28.9 Å². The van der Waals surface area contributed by atoms with E-state index in [2.05, 4.69) is 10.3 Å². The standard InChI is InChI=1S/C13H11N3O2/c1-8-9(2)18-13(11(8)7-14)16-12(17)10-3-5-15-6-4-10/h3-6H,1-2H3,(H,16,17). The number of nitriles is 1. The molecule has 1 N–H and O–H groups in total. The van der Waals surface area contributed by atoms with Gasteiger partial charge in [-0.3, -0.25) is 15.1 Å². The molecule has 0 aliphatic rings. The molecule has 90 valence electrons. The van der Waals surface area contributed by atoms with Crippen molar-refractivity contribution in [1.29, 1.82) is 5.26 Å². The number of aryl methyl sites for hydroxylation is 1. The zero-order valence-corrected chi connectivity index (χ0v) is 10.0. The van der Waals surface area contributed by atoms with Gasteiger partial charge < -0.3 is 4.42 Å². The van der Waals surface area contributed by atoms with Crippen molar-refractivity contribution in [3.63, 3.8) is 0 Å². The lowest BCUT2D eigenvalue weighted by Gasteiger charge is -2.01. The molecule has 0 radical (unpaired) electrons. The van der Waals surface area contributed by atoms with Crippen LogP contribution in [0.5, 0.6) is 0 Å². The Bertz CT molecular complexity index is 624. The highest BCUT2D eigenvalue weighted by Crippen LogP contribution is 2.25. The molecule has 18 heavy (non-hydrogen) atoms. The summed E-state index contributed by atoms with van der Waals surface area (Å²) in [7, 11) is 0. The van der Waals surface area contributed by atoms with Gasteiger partial charge in [0, 0.05) is 23.5 Å². The topological polar surface area (TPSA) is 78.9 Å². The highest BCUT2D eigenvalue weighted by Gasteiger charge is 2.17. The highest BCUT2D eigenvalue weighted by atomic mass is 16.4. The van der Waals surface area contributed by atoms with Gasteiger partial charge in [-0.2, -0.15) is 5.26 Å². The van der Waals surface area contributed by atoms with Crippen molar-refractivity contribution >= 4 is 11.8 Å². The summed E-state index contributed by atoms with van der Waals surface area (Å²) in [4.78, 5) is 15.7. The van der Waals surface area contributed by atoms with Crippen molar-refractivity contribution in [3.05, 3.63) is 47.0 Å². The van der Waals surface area contributed by atoms with Crippen LogP contribution in [-0.2, 0) is 0 Å². The molecule has 0 aliphatic carbocycles. The van der Waals surface area contributed by atoms with Gasteiger partial charge in [-0.25, -0.2) is 0 Å². The van der Waals surface area contributed by atoms with E-state index in [1.165, 1.54) is 12.4 Å². The average Bonchev–Trinajstić information content (AvgIpc) is 2.65. The van der Waals surface area contributed by atoms with Crippen LogP contribution in [0.2, 0.25) is 0 Å². The number of nitrogens with zero attached hydrogens (tertiary/aromatic N) is 2. The first kappa shape index (κ1) is 11.9. The van der Waals surface area contributed by atoms with Gasteiger partial charge >= 0.3 is 0 Å². The van der Waals surface area contributed by atoms with Gasteiger partial charge in [0.25, 0.3) is 5.91 Å². The maximum atomic E-state index is 11.9. The molecule has 0 unspecified atom stereocenters. The van der Waals surface area contributed by atoms with Crippen LogP contribution >= 0.6 is 0 Å². The molecule has 0 saturated heterocycles. The molecular formula is C13H11N3O2. The van der Waals surface area contributed by atoms with Crippen molar-refractivity contribution in [1.82, 2.24) is 4.98 Å². The van der Waals surface area contributed by atoms with E-state index in [1.54, 1.807) is 26.0 Å². The first-order valence-electron chi connectivity index (χ1n) is 5.35. The minimum Gasteiger partial charge on any atom is -0.444 e. The number of hydrogen-bond acceptors (Lipinski definition) is 4. The van der Waals surface area contributed by atoms with E-state index in [-0.39, 0.29) is 11.8 Å². The van der Waals surface area contributed by atoms with Crippen molar-refractivity contribution in [2.75, 3.05) is 5.32 Å². The number of aromatic nitrogens is 1. The Balaban J connectivity index is 2.28. The SMILES string of the molecule is Cc1oc(NC(=O)c2ccncc2)c(C#N)c1C. The van der Waals surface area contributed by atoms with Crippen LogP contribution in [0.1, 0.15) is 27.2 Å². The summed E-state index contributed by atoms with van der Waals surface area (Å²) in [6.07, 6.45) is 3.05. The van der Waals surface area contributed by atoms with E-state index in [4.69, 9.17) is 9.68 Å². The van der Waals surface area contributed by atoms with E-state index in [0.29, 0.717) is 16.9 Å². The monoisotopic (exact) mass is 241 g/mol. The van der Waals surface area contributed by atoms with E-state index < -0.39 is 0 Å². The lowest BCUT2D eigenvalue weighted by molar-refractivity contribution is 0.102. The zero-order valence-electron chi connectivity index (χ0n) is 10.0. The van der Waals surface area contributed by atoms with Gasteiger partial charge in [0.2, 0.25) is 5.88 Å². The fourth-order valence-corrected chi connectivity index (χ4v) is 1.53. The number of furan rings is 1. The van der Waals surface area contributed by atoms with E-state index >= 15 is 0 Å². The third-order valence-electron chi connectivity index (χ3n) is 2.67. The molecular weight excluding hydrogens is 230 g/mol. The van der Waals surface area contributed by atoms with Gasteiger partial charge in [0.1, 0.15) is 17.4 Å². The Morgan fingerprint density at radius 3 is 2.67 bits per heavy atom. The highest BCUT2D eigenvalue weighted by molar-refractivity contribution is 6.04. The van der Waals surface area contributed by atoms with E-state index in [0.717, 1.165) is 5.56 Å². The fourth-order valence-electron chi connectivity index (χ4n) is 1.53. The molecule has 1 amide bonds. The molecule has 2 rings (SSSR count). The maximum Gasteiger partial charge on any atom is 0.258 e. The van der Waals surface area contributed by atoms with Gasteiger partial charge in [-0.05, 0) is 26.0 Å². The summed E-state index contributed by atoms with van der Waals surface area (Å²) < 4.78 is 5.36. The Morgan fingerprint density at radius 1 is 1.39 bits per heavy atom. The Labute approximate surface area is 104 Å². The number of pyridine rings is 1. The van der Waals surface area contributed by atoms with Gasteiger partial charge in [-0.1, -0.05) is 0 Å². The normalized spacial score (nSPS) is 9.83. The van der Waals surface area contributed by atoms with Crippen molar-refractivity contribution in [2.24, 2.45) is 0 Å². The maximum absolute atomic E-state index is 11.9. The third-order valence-corrected chi connectivity index (χ3v) is 2.67. The van der Waals surface area contributed by atoms with E-state index in [1.807, 2.05) is 6.07 Å².